The van der Waals surface area contributed by atoms with E-state index in [0.717, 1.165) is 76.5 Å². The first-order valence-electron chi connectivity index (χ1n) is 9.89. The summed E-state index contributed by atoms with van der Waals surface area (Å²) in [6, 6.07) is 0. The van der Waals surface area contributed by atoms with E-state index in [1.165, 1.54) is 17.0 Å². The summed E-state index contributed by atoms with van der Waals surface area (Å²) in [5, 5.41) is 1.07. The van der Waals surface area contributed by atoms with Crippen molar-refractivity contribution in [2.45, 2.75) is 45.4 Å². The Labute approximate surface area is 159 Å². The molecule has 26 heavy (non-hydrogen) atoms. The highest BCUT2D eigenvalue weighted by Crippen LogP contribution is 2.35. The predicted molar refractivity (Wildman–Crippen MR) is 103 cm³/mol. The molecule has 4 rings (SSSR count). The monoisotopic (exact) mass is 376 g/mol. The topological polar surface area (TPSA) is 56.8 Å². The van der Waals surface area contributed by atoms with Crippen molar-refractivity contribution in [1.29, 1.82) is 0 Å². The van der Waals surface area contributed by atoms with Gasteiger partial charge in [0.2, 0.25) is 11.8 Å². The predicted octanol–water partition coefficient (Wildman–Crippen LogP) is 1.93. The lowest BCUT2D eigenvalue weighted by Crippen LogP contribution is -2.48. The first-order chi connectivity index (χ1) is 12.6. The van der Waals surface area contributed by atoms with Gasteiger partial charge in [0.25, 0.3) is 0 Å². The second-order valence-corrected chi connectivity index (χ2v) is 8.75. The van der Waals surface area contributed by atoms with Crippen LogP contribution in [0.15, 0.2) is 0 Å². The Kier molecular flexibility index (Phi) is 5.16. The van der Waals surface area contributed by atoms with Crippen molar-refractivity contribution in [2.75, 3.05) is 44.2 Å². The maximum absolute atomic E-state index is 12.8. The molecule has 142 valence electrons. The van der Waals surface area contributed by atoms with Crippen LogP contribution in [-0.2, 0) is 22.4 Å². The second kappa shape index (κ2) is 7.55. The Hall–Kier alpha value is -1.63. The number of thiazole rings is 1. The normalized spacial score (nSPS) is 23.7. The van der Waals surface area contributed by atoms with Gasteiger partial charge in [-0.05, 0) is 38.5 Å². The number of hydrogen-bond donors (Lipinski definition) is 0. The van der Waals surface area contributed by atoms with Gasteiger partial charge in [0.1, 0.15) is 0 Å². The van der Waals surface area contributed by atoms with Crippen LogP contribution in [0.25, 0.3) is 0 Å². The lowest BCUT2D eigenvalue weighted by atomic mass is 9.89. The van der Waals surface area contributed by atoms with Crippen LogP contribution in [0.4, 0.5) is 5.13 Å². The highest BCUT2D eigenvalue weighted by molar-refractivity contribution is 7.15. The molecule has 0 unspecified atom stereocenters. The van der Waals surface area contributed by atoms with Gasteiger partial charge in [-0.2, -0.15) is 0 Å². The van der Waals surface area contributed by atoms with Gasteiger partial charge >= 0.3 is 0 Å². The lowest BCUT2D eigenvalue weighted by Gasteiger charge is -2.33. The number of anilines is 1. The molecule has 3 heterocycles. The van der Waals surface area contributed by atoms with Crippen molar-refractivity contribution in [3.05, 3.63) is 10.6 Å². The fourth-order valence-corrected chi connectivity index (χ4v) is 5.53. The number of hydrogen-bond acceptors (Lipinski definition) is 5. The standard InChI is InChI=1S/C19H28N4O2S/c1-14(24)21-9-11-23(12-10-21)19-20-16-6-5-15(13-17(16)26-19)18(25)22-7-3-2-4-8-22/h15H,2-13H2,1H3/t15-/m0/s1. The Bertz CT molecular complexity index is 675. The van der Waals surface area contributed by atoms with Crippen molar-refractivity contribution in [1.82, 2.24) is 14.8 Å². The number of piperazine rings is 1. The molecule has 6 nitrogen and oxygen atoms in total. The van der Waals surface area contributed by atoms with Gasteiger partial charge in [-0.25, -0.2) is 4.98 Å². The molecule has 0 saturated carbocycles. The third-order valence-electron chi connectivity index (χ3n) is 5.94. The van der Waals surface area contributed by atoms with E-state index in [2.05, 4.69) is 9.80 Å². The van der Waals surface area contributed by atoms with E-state index in [0.29, 0.717) is 5.91 Å². The quantitative estimate of drug-likeness (QED) is 0.791. The lowest BCUT2D eigenvalue weighted by molar-refractivity contribution is -0.136. The highest BCUT2D eigenvalue weighted by atomic mass is 32.1. The zero-order chi connectivity index (χ0) is 18.1. The average molecular weight is 377 g/mol. The van der Waals surface area contributed by atoms with Crippen molar-refractivity contribution in [2.24, 2.45) is 5.92 Å². The minimum atomic E-state index is 0.142. The number of rotatable bonds is 2. The average Bonchev–Trinajstić information content (AvgIpc) is 3.11. The largest absolute Gasteiger partial charge is 0.345 e. The smallest absolute Gasteiger partial charge is 0.226 e. The van der Waals surface area contributed by atoms with Gasteiger partial charge in [0.05, 0.1) is 5.69 Å². The molecule has 0 N–H and O–H groups in total. The number of amides is 2. The number of likely N-dealkylation sites (tertiary alicyclic amines) is 1. The SMILES string of the molecule is CC(=O)N1CCN(c2nc3c(s2)C[C@@H](C(=O)N2CCCCC2)CC3)CC1. The van der Waals surface area contributed by atoms with Gasteiger partial charge in [0.15, 0.2) is 5.13 Å². The number of piperidine rings is 1. The molecule has 2 fully saturated rings. The summed E-state index contributed by atoms with van der Waals surface area (Å²) in [6.07, 6.45) is 6.28. The molecule has 2 amide bonds. The van der Waals surface area contributed by atoms with E-state index in [1.807, 2.05) is 4.90 Å². The van der Waals surface area contributed by atoms with Crippen LogP contribution >= 0.6 is 11.3 Å². The van der Waals surface area contributed by atoms with Crippen molar-refractivity contribution in [3.8, 4) is 0 Å². The van der Waals surface area contributed by atoms with Gasteiger partial charge in [0, 0.05) is 57.0 Å². The summed E-state index contributed by atoms with van der Waals surface area (Å²) in [5.74, 6) is 0.658. The Morgan fingerprint density at radius 3 is 2.42 bits per heavy atom. The molecule has 0 radical (unpaired) electrons. The van der Waals surface area contributed by atoms with Crippen LogP contribution in [0.5, 0.6) is 0 Å². The van der Waals surface area contributed by atoms with Gasteiger partial charge in [-0.1, -0.05) is 0 Å². The molecule has 2 saturated heterocycles. The van der Waals surface area contributed by atoms with Crippen LogP contribution in [-0.4, -0.2) is 65.9 Å². The molecule has 7 heteroatoms. The summed E-state index contributed by atoms with van der Waals surface area (Å²) in [7, 11) is 0. The molecule has 1 aromatic heterocycles. The van der Waals surface area contributed by atoms with E-state index in [-0.39, 0.29) is 11.8 Å². The first kappa shape index (κ1) is 17.8. The van der Waals surface area contributed by atoms with E-state index in [9.17, 15) is 9.59 Å². The fourth-order valence-electron chi connectivity index (χ4n) is 4.29. The number of fused-ring (bicyclic) bond motifs is 1. The van der Waals surface area contributed by atoms with Crippen LogP contribution in [0, 0.1) is 5.92 Å². The van der Waals surface area contributed by atoms with Crippen LogP contribution in [0.1, 0.15) is 43.2 Å². The number of aromatic nitrogens is 1. The maximum atomic E-state index is 12.8. The summed E-state index contributed by atoms with van der Waals surface area (Å²) >= 11 is 1.76. The minimum absolute atomic E-state index is 0.142. The third kappa shape index (κ3) is 3.59. The van der Waals surface area contributed by atoms with Crippen LogP contribution < -0.4 is 4.90 Å². The zero-order valence-electron chi connectivity index (χ0n) is 15.6. The van der Waals surface area contributed by atoms with Crippen molar-refractivity contribution >= 4 is 28.3 Å². The molecule has 1 aliphatic carbocycles. The van der Waals surface area contributed by atoms with Crippen LogP contribution in [0.3, 0.4) is 0 Å². The van der Waals surface area contributed by atoms with Gasteiger partial charge in [-0.3, -0.25) is 9.59 Å². The highest BCUT2D eigenvalue weighted by Gasteiger charge is 2.32. The second-order valence-electron chi connectivity index (χ2n) is 7.69. The van der Waals surface area contributed by atoms with E-state index in [4.69, 9.17) is 4.98 Å². The van der Waals surface area contributed by atoms with Gasteiger partial charge in [-0.15, -0.1) is 11.3 Å². The Balaban J connectivity index is 1.39. The fraction of sp³-hybridized carbons (Fsp3) is 0.737. The molecule has 1 atom stereocenters. The molecule has 3 aliphatic rings. The number of carbonyl (C=O) groups excluding carboxylic acids is 2. The molecular weight excluding hydrogens is 348 g/mol. The third-order valence-corrected chi connectivity index (χ3v) is 7.12. The van der Waals surface area contributed by atoms with Crippen molar-refractivity contribution in [3.63, 3.8) is 0 Å². The van der Waals surface area contributed by atoms with E-state index >= 15 is 0 Å². The molecular formula is C19H28N4O2S. The molecule has 2 aliphatic heterocycles. The Morgan fingerprint density at radius 2 is 1.73 bits per heavy atom. The molecule has 1 aromatic rings. The van der Waals surface area contributed by atoms with E-state index < -0.39 is 0 Å². The summed E-state index contributed by atoms with van der Waals surface area (Å²) in [5.41, 5.74) is 1.20. The maximum Gasteiger partial charge on any atom is 0.226 e. The summed E-state index contributed by atoms with van der Waals surface area (Å²) < 4.78 is 0. The summed E-state index contributed by atoms with van der Waals surface area (Å²) in [4.78, 5) is 36.8. The molecule has 0 aromatic carbocycles. The molecule has 0 spiro atoms. The minimum Gasteiger partial charge on any atom is -0.345 e. The number of carbonyl (C=O) groups is 2. The zero-order valence-corrected chi connectivity index (χ0v) is 16.4. The van der Waals surface area contributed by atoms with Crippen molar-refractivity contribution < 1.29 is 9.59 Å². The van der Waals surface area contributed by atoms with Gasteiger partial charge < -0.3 is 14.7 Å². The number of nitrogens with zero attached hydrogens (tertiary/aromatic N) is 4. The summed E-state index contributed by atoms with van der Waals surface area (Å²) in [6.45, 7) is 6.76. The number of aryl methyl sites for hydroxylation is 1. The van der Waals surface area contributed by atoms with E-state index in [1.54, 1.807) is 18.3 Å². The molecule has 0 bridgehead atoms. The first-order valence-corrected chi connectivity index (χ1v) is 10.7. The Morgan fingerprint density at radius 1 is 1.00 bits per heavy atom. The van der Waals surface area contributed by atoms with Crippen LogP contribution in [0.2, 0.25) is 0 Å².